The van der Waals surface area contributed by atoms with Crippen LogP contribution in [0.5, 0.6) is 0 Å². The predicted octanol–water partition coefficient (Wildman–Crippen LogP) is 1.13. The summed E-state index contributed by atoms with van der Waals surface area (Å²) in [6.07, 6.45) is 0. The largest absolute Gasteiger partial charge is 0.378 e. The lowest BCUT2D eigenvalue weighted by Gasteiger charge is -2.29. The van der Waals surface area contributed by atoms with E-state index in [9.17, 15) is 4.79 Å². The number of anilines is 2. The van der Waals surface area contributed by atoms with Crippen molar-refractivity contribution in [2.24, 2.45) is 0 Å². The number of benzene rings is 1. The van der Waals surface area contributed by atoms with Crippen LogP contribution in [0.4, 0.5) is 11.4 Å². The first-order valence-corrected chi connectivity index (χ1v) is 6.80. The zero-order chi connectivity index (χ0) is 13.2. The molecule has 1 amide bonds. The molecule has 1 aromatic rings. The van der Waals surface area contributed by atoms with Crippen molar-refractivity contribution < 1.29 is 9.53 Å². The molecule has 1 aromatic carbocycles. The van der Waals surface area contributed by atoms with Gasteiger partial charge >= 0.3 is 0 Å². The number of carbonyl (C=O) groups excluding carboxylic acids is 1. The molecule has 0 bridgehead atoms. The second-order valence-corrected chi connectivity index (χ2v) is 4.85. The van der Waals surface area contributed by atoms with Crippen molar-refractivity contribution in [1.29, 1.82) is 0 Å². The number of carbonyl (C=O) groups is 1. The molecule has 5 heteroatoms. The average Bonchev–Trinajstić information content (AvgIpc) is 2.76. The minimum Gasteiger partial charge on any atom is -0.378 e. The average molecular weight is 261 g/mol. The van der Waals surface area contributed by atoms with Crippen molar-refractivity contribution in [3.63, 3.8) is 0 Å². The topological polar surface area (TPSA) is 53.6 Å². The highest BCUT2D eigenvalue weighted by Gasteiger charge is 2.30. The van der Waals surface area contributed by atoms with Gasteiger partial charge in [0.15, 0.2) is 0 Å². The molecule has 2 aliphatic rings. The van der Waals surface area contributed by atoms with Gasteiger partial charge in [0.05, 0.1) is 13.2 Å². The Hall–Kier alpha value is -1.59. The summed E-state index contributed by atoms with van der Waals surface area (Å²) in [5, 5.41) is 6.16. The SMILES string of the molecule is CCNC1C(=O)Nc2cc(N3CCOCC3)ccc21. The first-order valence-electron chi connectivity index (χ1n) is 6.80. The van der Waals surface area contributed by atoms with Crippen LogP contribution in [-0.4, -0.2) is 38.8 Å². The highest BCUT2D eigenvalue weighted by atomic mass is 16.5. The molecule has 2 aliphatic heterocycles. The van der Waals surface area contributed by atoms with Crippen molar-refractivity contribution in [3.05, 3.63) is 23.8 Å². The maximum absolute atomic E-state index is 11.9. The van der Waals surface area contributed by atoms with Crippen LogP contribution in [0, 0.1) is 0 Å². The van der Waals surface area contributed by atoms with Gasteiger partial charge in [0, 0.05) is 30.0 Å². The third-order valence-corrected chi connectivity index (χ3v) is 3.65. The minimum atomic E-state index is -0.210. The lowest BCUT2D eigenvalue weighted by molar-refractivity contribution is -0.117. The summed E-state index contributed by atoms with van der Waals surface area (Å²) in [4.78, 5) is 14.2. The van der Waals surface area contributed by atoms with E-state index < -0.39 is 0 Å². The monoisotopic (exact) mass is 261 g/mol. The van der Waals surface area contributed by atoms with Crippen LogP contribution in [0.25, 0.3) is 0 Å². The molecule has 19 heavy (non-hydrogen) atoms. The molecular weight excluding hydrogens is 242 g/mol. The van der Waals surface area contributed by atoms with Crippen molar-refractivity contribution in [2.75, 3.05) is 43.1 Å². The second-order valence-electron chi connectivity index (χ2n) is 4.85. The van der Waals surface area contributed by atoms with Crippen molar-refractivity contribution in [3.8, 4) is 0 Å². The number of ether oxygens (including phenoxy) is 1. The van der Waals surface area contributed by atoms with Gasteiger partial charge in [-0.05, 0) is 18.7 Å². The van der Waals surface area contributed by atoms with E-state index in [2.05, 4.69) is 27.7 Å². The lowest BCUT2D eigenvalue weighted by Crippen LogP contribution is -2.36. The van der Waals surface area contributed by atoms with Gasteiger partial charge < -0.3 is 20.3 Å². The van der Waals surface area contributed by atoms with E-state index in [0.717, 1.165) is 49.8 Å². The van der Waals surface area contributed by atoms with E-state index in [1.54, 1.807) is 0 Å². The van der Waals surface area contributed by atoms with E-state index in [-0.39, 0.29) is 11.9 Å². The Morgan fingerprint density at radius 2 is 2.21 bits per heavy atom. The maximum atomic E-state index is 11.9. The Kier molecular flexibility index (Phi) is 3.40. The molecule has 0 aromatic heterocycles. The fourth-order valence-electron chi connectivity index (χ4n) is 2.68. The summed E-state index contributed by atoms with van der Waals surface area (Å²) < 4.78 is 5.36. The molecule has 1 fully saturated rings. The van der Waals surface area contributed by atoms with Crippen molar-refractivity contribution in [2.45, 2.75) is 13.0 Å². The fraction of sp³-hybridized carbons (Fsp3) is 0.500. The Balaban J connectivity index is 1.85. The van der Waals surface area contributed by atoms with Crippen LogP contribution in [-0.2, 0) is 9.53 Å². The van der Waals surface area contributed by atoms with Gasteiger partial charge in [-0.15, -0.1) is 0 Å². The molecule has 5 nitrogen and oxygen atoms in total. The van der Waals surface area contributed by atoms with E-state index in [4.69, 9.17) is 4.74 Å². The summed E-state index contributed by atoms with van der Waals surface area (Å²) in [6.45, 7) is 6.13. The van der Waals surface area contributed by atoms with Gasteiger partial charge in [-0.3, -0.25) is 4.79 Å². The van der Waals surface area contributed by atoms with Crippen LogP contribution in [0.1, 0.15) is 18.5 Å². The number of hydrogen-bond acceptors (Lipinski definition) is 4. The van der Waals surface area contributed by atoms with E-state index in [1.807, 2.05) is 13.0 Å². The Bertz CT molecular complexity index is 484. The molecule has 0 spiro atoms. The van der Waals surface area contributed by atoms with Crippen LogP contribution >= 0.6 is 0 Å². The molecule has 2 N–H and O–H groups in total. The summed E-state index contributed by atoms with van der Waals surface area (Å²) in [5.74, 6) is 0.0379. The molecule has 0 radical (unpaired) electrons. The highest BCUT2D eigenvalue weighted by Crippen LogP contribution is 2.34. The summed E-state index contributed by atoms with van der Waals surface area (Å²) in [7, 11) is 0. The third-order valence-electron chi connectivity index (χ3n) is 3.65. The number of nitrogens with zero attached hydrogens (tertiary/aromatic N) is 1. The zero-order valence-electron chi connectivity index (χ0n) is 11.1. The normalized spacial score (nSPS) is 22.3. The molecular formula is C14H19N3O2. The number of fused-ring (bicyclic) bond motifs is 1. The number of likely N-dealkylation sites (N-methyl/N-ethyl adjacent to an activating group) is 1. The van der Waals surface area contributed by atoms with Crippen molar-refractivity contribution >= 4 is 17.3 Å². The molecule has 1 unspecified atom stereocenters. The van der Waals surface area contributed by atoms with Gasteiger partial charge in [0.25, 0.3) is 0 Å². The molecule has 1 saturated heterocycles. The van der Waals surface area contributed by atoms with Crippen molar-refractivity contribution in [1.82, 2.24) is 5.32 Å². The van der Waals surface area contributed by atoms with Gasteiger partial charge in [-0.2, -0.15) is 0 Å². The standard InChI is InChI=1S/C14H19N3O2/c1-2-15-13-11-4-3-10(9-12(11)16-14(13)18)17-5-7-19-8-6-17/h3-4,9,13,15H,2,5-8H2,1H3,(H,16,18). The van der Waals surface area contributed by atoms with Crippen LogP contribution in [0.3, 0.4) is 0 Å². The first kappa shape index (κ1) is 12.4. The number of rotatable bonds is 3. The first-order chi connectivity index (χ1) is 9.29. The maximum Gasteiger partial charge on any atom is 0.246 e. The Morgan fingerprint density at radius 3 is 2.95 bits per heavy atom. The van der Waals surface area contributed by atoms with Gasteiger partial charge in [-0.25, -0.2) is 0 Å². The van der Waals surface area contributed by atoms with Gasteiger partial charge in [-0.1, -0.05) is 13.0 Å². The van der Waals surface area contributed by atoms with E-state index >= 15 is 0 Å². The number of hydrogen-bond donors (Lipinski definition) is 2. The van der Waals surface area contributed by atoms with Crippen LogP contribution < -0.4 is 15.5 Å². The van der Waals surface area contributed by atoms with E-state index in [1.165, 1.54) is 0 Å². The smallest absolute Gasteiger partial charge is 0.246 e. The second kappa shape index (κ2) is 5.19. The highest BCUT2D eigenvalue weighted by molar-refractivity contribution is 6.03. The van der Waals surface area contributed by atoms with Gasteiger partial charge in [0.2, 0.25) is 5.91 Å². The minimum absolute atomic E-state index is 0.0379. The van der Waals surface area contributed by atoms with Crippen LogP contribution in [0.15, 0.2) is 18.2 Å². The Morgan fingerprint density at radius 1 is 1.42 bits per heavy atom. The summed E-state index contributed by atoms with van der Waals surface area (Å²) in [5.41, 5.74) is 3.13. The molecule has 0 saturated carbocycles. The lowest BCUT2D eigenvalue weighted by atomic mass is 10.1. The molecule has 102 valence electrons. The predicted molar refractivity (Wildman–Crippen MR) is 74.5 cm³/mol. The number of amides is 1. The third kappa shape index (κ3) is 2.31. The fourth-order valence-corrected chi connectivity index (χ4v) is 2.68. The zero-order valence-corrected chi connectivity index (χ0v) is 11.1. The number of nitrogens with one attached hydrogen (secondary N) is 2. The molecule has 2 heterocycles. The molecule has 3 rings (SSSR count). The van der Waals surface area contributed by atoms with E-state index in [0.29, 0.717) is 0 Å². The van der Waals surface area contributed by atoms with Gasteiger partial charge in [0.1, 0.15) is 6.04 Å². The quantitative estimate of drug-likeness (QED) is 0.856. The molecule has 0 aliphatic carbocycles. The Labute approximate surface area is 112 Å². The molecule has 1 atom stereocenters. The van der Waals surface area contributed by atoms with Crippen LogP contribution in [0.2, 0.25) is 0 Å². The summed E-state index contributed by atoms with van der Waals surface area (Å²) >= 11 is 0. The number of morpholine rings is 1. The summed E-state index contributed by atoms with van der Waals surface area (Å²) in [6, 6.07) is 5.99.